The predicted molar refractivity (Wildman–Crippen MR) is 79.5 cm³/mol. The van der Waals surface area contributed by atoms with Crippen LogP contribution in [0.5, 0.6) is 0 Å². The maximum Gasteiger partial charge on any atom is 0.254 e. The Kier molecular flexibility index (Phi) is 5.34. The van der Waals surface area contributed by atoms with E-state index in [9.17, 15) is 4.79 Å². The van der Waals surface area contributed by atoms with E-state index in [4.69, 9.17) is 34.8 Å². The fourth-order valence-electron chi connectivity index (χ4n) is 2.15. The number of amides is 1. The highest BCUT2D eigenvalue weighted by Gasteiger charge is 2.22. The van der Waals surface area contributed by atoms with Crippen LogP contribution in [0.3, 0.4) is 0 Å². The first-order valence-electron chi connectivity index (χ1n) is 6.14. The Balaban J connectivity index is 2.01. The van der Waals surface area contributed by atoms with Crippen molar-refractivity contribution in [2.75, 3.05) is 38.6 Å². The average Bonchev–Trinajstić information content (AvgIpc) is 2.38. The van der Waals surface area contributed by atoms with Gasteiger partial charge in [-0.25, -0.2) is 0 Å². The van der Waals surface area contributed by atoms with E-state index >= 15 is 0 Å². The number of carbonyl (C=O) groups excluding carboxylic acids is 1. The second-order valence-corrected chi connectivity index (χ2v) is 5.73. The number of rotatable bonds is 3. The van der Waals surface area contributed by atoms with Crippen LogP contribution in [-0.4, -0.2) is 54.3 Å². The topological polar surface area (TPSA) is 23.6 Å². The summed E-state index contributed by atoms with van der Waals surface area (Å²) in [6.45, 7) is 3.99. The Morgan fingerprint density at radius 3 is 2.16 bits per heavy atom. The van der Waals surface area contributed by atoms with Crippen LogP contribution in [0.2, 0.25) is 10.0 Å². The van der Waals surface area contributed by atoms with Crippen LogP contribution in [0.4, 0.5) is 0 Å². The fourth-order valence-corrected chi connectivity index (χ4v) is 2.92. The van der Waals surface area contributed by atoms with Gasteiger partial charge in [0.2, 0.25) is 0 Å². The van der Waals surface area contributed by atoms with Gasteiger partial charge in [-0.3, -0.25) is 9.69 Å². The van der Waals surface area contributed by atoms with Gasteiger partial charge in [0, 0.05) is 54.2 Å². The summed E-state index contributed by atoms with van der Waals surface area (Å²) in [7, 11) is 0. The summed E-state index contributed by atoms with van der Waals surface area (Å²) in [5.74, 6) is 0.604. The number of halogens is 3. The average molecular weight is 322 g/mol. The lowest BCUT2D eigenvalue weighted by molar-refractivity contribution is 0.0644. The van der Waals surface area contributed by atoms with Crippen LogP contribution in [0.15, 0.2) is 18.2 Å². The molecule has 0 spiro atoms. The minimum Gasteiger partial charge on any atom is -0.336 e. The van der Waals surface area contributed by atoms with Crippen molar-refractivity contribution in [1.82, 2.24) is 9.80 Å². The molecule has 104 valence electrons. The van der Waals surface area contributed by atoms with Gasteiger partial charge >= 0.3 is 0 Å². The summed E-state index contributed by atoms with van der Waals surface area (Å²) in [4.78, 5) is 16.4. The number of nitrogens with zero attached hydrogens (tertiary/aromatic N) is 2. The van der Waals surface area contributed by atoms with Gasteiger partial charge in [0.15, 0.2) is 0 Å². The molecule has 3 nitrogen and oxygen atoms in total. The summed E-state index contributed by atoms with van der Waals surface area (Å²) in [5, 5.41) is 0.966. The van der Waals surface area contributed by atoms with Crippen molar-refractivity contribution in [3.05, 3.63) is 33.8 Å². The molecular formula is C13H15Cl3N2O. The van der Waals surface area contributed by atoms with E-state index in [-0.39, 0.29) is 5.91 Å². The molecule has 19 heavy (non-hydrogen) atoms. The van der Waals surface area contributed by atoms with Gasteiger partial charge in [-0.2, -0.15) is 0 Å². The maximum atomic E-state index is 12.3. The zero-order valence-corrected chi connectivity index (χ0v) is 12.7. The Morgan fingerprint density at radius 2 is 1.63 bits per heavy atom. The maximum absolute atomic E-state index is 12.3. The molecular weight excluding hydrogens is 307 g/mol. The molecule has 1 aliphatic heterocycles. The van der Waals surface area contributed by atoms with Crippen molar-refractivity contribution in [2.45, 2.75) is 0 Å². The Morgan fingerprint density at radius 1 is 1.05 bits per heavy atom. The van der Waals surface area contributed by atoms with Crippen molar-refractivity contribution in [3.8, 4) is 0 Å². The first kappa shape index (κ1) is 14.9. The van der Waals surface area contributed by atoms with Crippen LogP contribution >= 0.6 is 34.8 Å². The minimum atomic E-state index is -0.0186. The van der Waals surface area contributed by atoms with Gasteiger partial charge in [0.05, 0.1) is 0 Å². The van der Waals surface area contributed by atoms with E-state index in [1.165, 1.54) is 0 Å². The highest BCUT2D eigenvalue weighted by Crippen LogP contribution is 2.20. The molecule has 0 bridgehead atoms. The lowest BCUT2D eigenvalue weighted by Gasteiger charge is -2.34. The molecule has 0 unspecified atom stereocenters. The third-order valence-electron chi connectivity index (χ3n) is 3.17. The highest BCUT2D eigenvalue weighted by atomic mass is 35.5. The van der Waals surface area contributed by atoms with Crippen LogP contribution in [-0.2, 0) is 0 Å². The molecule has 0 atom stereocenters. The molecule has 1 heterocycles. The van der Waals surface area contributed by atoms with Gasteiger partial charge in [-0.1, -0.05) is 23.2 Å². The van der Waals surface area contributed by atoms with Crippen LogP contribution in [0, 0.1) is 0 Å². The number of carbonyl (C=O) groups is 1. The molecule has 1 aliphatic rings. The van der Waals surface area contributed by atoms with Gasteiger partial charge in [-0.05, 0) is 18.2 Å². The summed E-state index contributed by atoms with van der Waals surface area (Å²) in [6.07, 6.45) is 0. The number of benzene rings is 1. The SMILES string of the molecule is O=C(c1cc(Cl)cc(Cl)c1)N1CCN(CCCl)CC1. The third kappa shape index (κ3) is 3.99. The van der Waals surface area contributed by atoms with E-state index in [2.05, 4.69) is 4.90 Å². The van der Waals surface area contributed by atoms with Gasteiger partial charge in [-0.15, -0.1) is 11.6 Å². The van der Waals surface area contributed by atoms with Crippen LogP contribution < -0.4 is 0 Å². The number of hydrogen-bond acceptors (Lipinski definition) is 2. The van der Waals surface area contributed by atoms with E-state index < -0.39 is 0 Å². The third-order valence-corrected chi connectivity index (χ3v) is 3.78. The van der Waals surface area contributed by atoms with Crippen molar-refractivity contribution in [2.24, 2.45) is 0 Å². The second kappa shape index (κ2) is 6.80. The molecule has 1 aromatic rings. The molecule has 2 rings (SSSR count). The standard InChI is InChI=1S/C13H15Cl3N2O/c14-1-2-17-3-5-18(6-4-17)13(19)10-7-11(15)9-12(16)8-10/h7-9H,1-6H2. The van der Waals surface area contributed by atoms with Crippen LogP contribution in [0.25, 0.3) is 0 Å². The first-order valence-corrected chi connectivity index (χ1v) is 7.43. The summed E-state index contributed by atoms with van der Waals surface area (Å²) in [5.41, 5.74) is 0.545. The summed E-state index contributed by atoms with van der Waals surface area (Å²) in [6, 6.07) is 4.93. The van der Waals surface area contributed by atoms with E-state index in [0.717, 1.165) is 19.6 Å². The normalized spacial score (nSPS) is 16.7. The van der Waals surface area contributed by atoms with E-state index in [0.29, 0.717) is 34.6 Å². The zero-order valence-electron chi connectivity index (χ0n) is 10.4. The molecule has 1 fully saturated rings. The van der Waals surface area contributed by atoms with Crippen molar-refractivity contribution < 1.29 is 4.79 Å². The highest BCUT2D eigenvalue weighted by molar-refractivity contribution is 6.35. The van der Waals surface area contributed by atoms with Crippen molar-refractivity contribution >= 4 is 40.7 Å². The van der Waals surface area contributed by atoms with Gasteiger partial charge in [0.1, 0.15) is 0 Å². The number of alkyl halides is 1. The van der Waals surface area contributed by atoms with Gasteiger partial charge in [0.25, 0.3) is 5.91 Å². The lowest BCUT2D eigenvalue weighted by Crippen LogP contribution is -2.49. The molecule has 1 amide bonds. The quantitative estimate of drug-likeness (QED) is 0.799. The second-order valence-electron chi connectivity index (χ2n) is 4.48. The Labute approximate surface area is 128 Å². The molecule has 0 aromatic heterocycles. The largest absolute Gasteiger partial charge is 0.336 e. The van der Waals surface area contributed by atoms with Gasteiger partial charge < -0.3 is 4.90 Å². The van der Waals surface area contributed by atoms with E-state index in [1.54, 1.807) is 18.2 Å². The predicted octanol–water partition coefficient (Wildman–Crippen LogP) is 2.99. The first-order chi connectivity index (χ1) is 9.10. The molecule has 1 aromatic carbocycles. The Bertz CT molecular complexity index is 439. The summed E-state index contributed by atoms with van der Waals surface area (Å²) < 4.78 is 0. The molecule has 1 saturated heterocycles. The smallest absolute Gasteiger partial charge is 0.254 e. The molecule has 0 aliphatic carbocycles. The number of hydrogen-bond donors (Lipinski definition) is 0. The van der Waals surface area contributed by atoms with Crippen molar-refractivity contribution in [3.63, 3.8) is 0 Å². The lowest BCUT2D eigenvalue weighted by atomic mass is 10.2. The zero-order chi connectivity index (χ0) is 13.8. The molecule has 0 radical (unpaired) electrons. The fraction of sp³-hybridized carbons (Fsp3) is 0.462. The number of piperazine rings is 1. The monoisotopic (exact) mass is 320 g/mol. The minimum absolute atomic E-state index is 0.0186. The molecule has 6 heteroatoms. The Hall–Kier alpha value is -0.480. The summed E-state index contributed by atoms with van der Waals surface area (Å²) >= 11 is 17.6. The van der Waals surface area contributed by atoms with Crippen molar-refractivity contribution in [1.29, 1.82) is 0 Å². The molecule has 0 saturated carbocycles. The van der Waals surface area contributed by atoms with E-state index in [1.807, 2.05) is 4.90 Å². The van der Waals surface area contributed by atoms with Crippen LogP contribution in [0.1, 0.15) is 10.4 Å². The molecule has 0 N–H and O–H groups in total.